The summed E-state index contributed by atoms with van der Waals surface area (Å²) >= 11 is 0. The average molecular weight is 388 g/mol. The maximum absolute atomic E-state index is 4.33. The van der Waals surface area contributed by atoms with Crippen molar-refractivity contribution in [3.8, 4) is 0 Å². The number of benzene rings is 1. The van der Waals surface area contributed by atoms with Crippen LogP contribution >= 0.6 is 0 Å². The van der Waals surface area contributed by atoms with E-state index in [0.717, 1.165) is 18.7 Å². The van der Waals surface area contributed by atoms with Gasteiger partial charge in [-0.15, -0.1) is 5.11 Å². The number of hydrazone groups is 1. The van der Waals surface area contributed by atoms with Crippen molar-refractivity contribution in [1.82, 2.24) is 10.0 Å². The zero-order valence-corrected chi connectivity index (χ0v) is 18.7. The maximum Gasteiger partial charge on any atom is 0.156 e. The Kier molecular flexibility index (Phi) is 10.1. The fraction of sp³-hybridized carbons (Fsp3) is 0.571. The van der Waals surface area contributed by atoms with E-state index in [9.17, 15) is 0 Å². The first kappa shape index (κ1) is 23.5. The molecule has 0 heterocycles. The van der Waals surface area contributed by atoms with Crippen molar-refractivity contribution in [2.75, 3.05) is 45.0 Å². The van der Waals surface area contributed by atoms with Crippen molar-refractivity contribution in [3.05, 3.63) is 35.9 Å². The summed E-state index contributed by atoms with van der Waals surface area (Å²) in [4.78, 5) is 2.13. The molecule has 0 bridgehead atoms. The molecule has 0 radical (unpaired) electrons. The Morgan fingerprint density at radius 3 is 2.43 bits per heavy atom. The molecular formula is C21H37N7. The van der Waals surface area contributed by atoms with Gasteiger partial charge >= 0.3 is 0 Å². The van der Waals surface area contributed by atoms with Crippen molar-refractivity contribution in [3.63, 3.8) is 0 Å². The van der Waals surface area contributed by atoms with E-state index in [-0.39, 0.29) is 12.2 Å². The van der Waals surface area contributed by atoms with Gasteiger partial charge in [0, 0.05) is 47.0 Å². The summed E-state index contributed by atoms with van der Waals surface area (Å²) in [6, 6.07) is 8.61. The SMILES string of the molecule is C/C=N\N(C)C(C)/N=N\N(C)CCC(Nc1ccccc1N(C)C)/C(C)=C/C. The lowest BCUT2D eigenvalue weighted by Gasteiger charge is -2.26. The Morgan fingerprint density at radius 2 is 1.82 bits per heavy atom. The quantitative estimate of drug-likeness (QED) is 0.263. The highest BCUT2D eigenvalue weighted by molar-refractivity contribution is 5.70. The van der Waals surface area contributed by atoms with E-state index in [2.05, 4.69) is 83.9 Å². The van der Waals surface area contributed by atoms with Gasteiger partial charge in [0.2, 0.25) is 0 Å². The number of nitrogens with zero attached hydrogens (tertiary/aromatic N) is 6. The molecule has 0 saturated carbocycles. The molecule has 0 saturated heterocycles. The molecule has 0 aliphatic rings. The lowest BCUT2D eigenvalue weighted by Crippen LogP contribution is -2.28. The van der Waals surface area contributed by atoms with Gasteiger partial charge in [-0.3, -0.25) is 10.0 Å². The van der Waals surface area contributed by atoms with Gasteiger partial charge in [0.1, 0.15) is 0 Å². The summed E-state index contributed by atoms with van der Waals surface area (Å²) in [5, 5.41) is 20.2. The van der Waals surface area contributed by atoms with E-state index in [1.54, 1.807) is 11.2 Å². The van der Waals surface area contributed by atoms with Gasteiger partial charge in [-0.1, -0.05) is 29.0 Å². The summed E-state index contributed by atoms with van der Waals surface area (Å²) in [5.74, 6) is 0. The molecule has 0 amide bonds. The normalized spacial score (nSPS) is 14.4. The topological polar surface area (TPSA) is 58.8 Å². The zero-order chi connectivity index (χ0) is 21.1. The van der Waals surface area contributed by atoms with Crippen LogP contribution in [0.15, 0.2) is 51.4 Å². The largest absolute Gasteiger partial charge is 0.377 e. The minimum Gasteiger partial charge on any atom is -0.377 e. The number of anilines is 2. The Bertz CT molecular complexity index is 666. The van der Waals surface area contributed by atoms with Gasteiger partial charge in [-0.2, -0.15) is 5.10 Å². The molecule has 7 nitrogen and oxygen atoms in total. The second-order valence-electron chi connectivity index (χ2n) is 7.10. The van der Waals surface area contributed by atoms with Crippen LogP contribution in [0.5, 0.6) is 0 Å². The van der Waals surface area contributed by atoms with Crippen molar-refractivity contribution in [1.29, 1.82) is 0 Å². The van der Waals surface area contributed by atoms with Crippen LogP contribution in [0.4, 0.5) is 11.4 Å². The van der Waals surface area contributed by atoms with E-state index in [4.69, 9.17) is 0 Å². The van der Waals surface area contributed by atoms with E-state index < -0.39 is 0 Å². The van der Waals surface area contributed by atoms with Crippen LogP contribution in [-0.4, -0.2) is 63.2 Å². The van der Waals surface area contributed by atoms with Crippen molar-refractivity contribution < 1.29 is 0 Å². The van der Waals surface area contributed by atoms with Crippen LogP contribution in [0.25, 0.3) is 0 Å². The number of rotatable bonds is 11. The van der Waals surface area contributed by atoms with Crippen LogP contribution in [-0.2, 0) is 0 Å². The highest BCUT2D eigenvalue weighted by Crippen LogP contribution is 2.26. The predicted molar refractivity (Wildman–Crippen MR) is 121 cm³/mol. The Labute approximate surface area is 170 Å². The first-order chi connectivity index (χ1) is 13.3. The smallest absolute Gasteiger partial charge is 0.156 e. The van der Waals surface area contributed by atoms with Gasteiger partial charge < -0.3 is 10.2 Å². The van der Waals surface area contributed by atoms with Gasteiger partial charge in [0.25, 0.3) is 0 Å². The third-order valence-corrected chi connectivity index (χ3v) is 4.67. The summed E-state index contributed by atoms with van der Waals surface area (Å²) < 4.78 is 0. The fourth-order valence-corrected chi connectivity index (χ4v) is 2.67. The van der Waals surface area contributed by atoms with E-state index in [0.29, 0.717) is 0 Å². The molecular weight excluding hydrogens is 350 g/mol. The molecule has 0 aliphatic carbocycles. The summed E-state index contributed by atoms with van der Waals surface area (Å²) in [6.45, 7) is 8.90. The number of allylic oxidation sites excluding steroid dienone is 1. The zero-order valence-electron chi connectivity index (χ0n) is 18.7. The highest BCUT2D eigenvalue weighted by Gasteiger charge is 2.14. The van der Waals surface area contributed by atoms with Gasteiger partial charge in [-0.05, 0) is 46.2 Å². The average Bonchev–Trinajstić information content (AvgIpc) is 2.68. The van der Waals surface area contributed by atoms with Crippen LogP contribution in [0, 0.1) is 0 Å². The summed E-state index contributed by atoms with van der Waals surface area (Å²) in [6.07, 6.45) is 4.73. The molecule has 28 heavy (non-hydrogen) atoms. The van der Waals surface area contributed by atoms with Crippen LogP contribution in [0.1, 0.15) is 34.1 Å². The summed E-state index contributed by atoms with van der Waals surface area (Å²) in [7, 11) is 7.97. The molecule has 0 aromatic heterocycles. The predicted octanol–water partition coefficient (Wildman–Crippen LogP) is 4.47. The van der Waals surface area contributed by atoms with E-state index in [1.165, 1.54) is 11.3 Å². The van der Waals surface area contributed by atoms with Gasteiger partial charge in [0.05, 0.1) is 11.4 Å². The molecule has 1 aromatic carbocycles. The molecule has 156 valence electrons. The lowest BCUT2D eigenvalue weighted by atomic mass is 10.0. The summed E-state index contributed by atoms with van der Waals surface area (Å²) in [5.41, 5.74) is 3.62. The number of nitrogens with one attached hydrogen (secondary N) is 1. The van der Waals surface area contributed by atoms with Crippen molar-refractivity contribution in [2.45, 2.75) is 46.3 Å². The Balaban J connectivity index is 2.76. The number of hydrogen-bond donors (Lipinski definition) is 1. The third kappa shape index (κ3) is 7.58. The number of para-hydroxylation sites is 2. The number of hydrogen-bond acceptors (Lipinski definition) is 6. The molecule has 0 aliphatic heterocycles. The van der Waals surface area contributed by atoms with Crippen LogP contribution in [0.3, 0.4) is 0 Å². The second kappa shape index (κ2) is 12.0. The first-order valence-corrected chi connectivity index (χ1v) is 9.79. The molecule has 2 atom stereocenters. The van der Waals surface area contributed by atoms with Crippen molar-refractivity contribution >= 4 is 17.6 Å². The van der Waals surface area contributed by atoms with Crippen molar-refractivity contribution in [2.24, 2.45) is 15.4 Å². The Morgan fingerprint density at radius 1 is 1.14 bits per heavy atom. The first-order valence-electron chi connectivity index (χ1n) is 9.79. The van der Waals surface area contributed by atoms with Crippen LogP contribution < -0.4 is 10.2 Å². The second-order valence-corrected chi connectivity index (χ2v) is 7.10. The standard InChI is InChI=1S/C21H37N7/c1-9-17(3)19(23-20-13-11-12-14-21(20)26(5)6)15-16-27(7)25-24-18(4)28(8)22-10-2/h9-14,18-19,23H,15-16H2,1-8H3/b17-9+,22-10-,25-24-. The Hall–Kier alpha value is -2.57. The maximum atomic E-state index is 4.33. The van der Waals surface area contributed by atoms with Gasteiger partial charge in [-0.25, -0.2) is 0 Å². The molecule has 1 N–H and O–H groups in total. The molecule has 2 unspecified atom stereocenters. The minimum absolute atomic E-state index is 0.100. The van der Waals surface area contributed by atoms with E-state index >= 15 is 0 Å². The van der Waals surface area contributed by atoms with Crippen LogP contribution in [0.2, 0.25) is 0 Å². The molecule has 1 rings (SSSR count). The molecule has 1 aromatic rings. The minimum atomic E-state index is -0.100. The monoisotopic (exact) mass is 387 g/mol. The molecule has 0 spiro atoms. The molecule has 7 heteroatoms. The third-order valence-electron chi connectivity index (χ3n) is 4.67. The lowest BCUT2D eigenvalue weighted by molar-refractivity contribution is 0.239. The van der Waals surface area contributed by atoms with Gasteiger partial charge in [0.15, 0.2) is 6.17 Å². The molecule has 0 fully saturated rings. The fourth-order valence-electron chi connectivity index (χ4n) is 2.67. The highest BCUT2D eigenvalue weighted by atomic mass is 15.6. The van der Waals surface area contributed by atoms with E-state index in [1.807, 2.05) is 33.0 Å².